The summed E-state index contributed by atoms with van der Waals surface area (Å²) >= 11 is 1.50. The van der Waals surface area contributed by atoms with Crippen molar-refractivity contribution < 1.29 is 4.79 Å². The number of thiazole rings is 1. The van der Waals surface area contributed by atoms with Gasteiger partial charge in [0.2, 0.25) is 0 Å². The number of nitrogens with zero attached hydrogens (tertiary/aromatic N) is 5. The Labute approximate surface area is 159 Å². The second-order valence-corrected chi connectivity index (χ2v) is 7.63. The summed E-state index contributed by atoms with van der Waals surface area (Å²) in [5, 5.41) is 9.95. The first-order chi connectivity index (χ1) is 13.2. The summed E-state index contributed by atoms with van der Waals surface area (Å²) < 4.78 is 3.93. The molecule has 4 heterocycles. The Kier molecular flexibility index (Phi) is 3.64. The SMILES string of the molecule is CCn1c(C(=O)NC2CC2)cc2c3c(ncn3C)c(Nc3nccs3)nc21. The van der Waals surface area contributed by atoms with Crippen molar-refractivity contribution in [1.29, 1.82) is 0 Å². The zero-order valence-corrected chi connectivity index (χ0v) is 15.9. The van der Waals surface area contributed by atoms with Crippen LogP contribution in [-0.4, -0.2) is 36.0 Å². The highest BCUT2D eigenvalue weighted by atomic mass is 32.1. The number of fused-ring (bicyclic) bond motifs is 3. The molecule has 0 aliphatic heterocycles. The van der Waals surface area contributed by atoms with Crippen molar-refractivity contribution in [2.24, 2.45) is 7.05 Å². The molecule has 0 spiro atoms. The number of hydrogen-bond acceptors (Lipinski definition) is 6. The predicted octanol–water partition coefficient (Wildman–Crippen LogP) is 3.04. The molecule has 5 rings (SSSR count). The van der Waals surface area contributed by atoms with Crippen LogP contribution in [0.2, 0.25) is 0 Å². The van der Waals surface area contributed by atoms with Crippen LogP contribution in [0.5, 0.6) is 0 Å². The predicted molar refractivity (Wildman–Crippen MR) is 106 cm³/mol. The Balaban J connectivity index is 1.73. The lowest BCUT2D eigenvalue weighted by Crippen LogP contribution is -2.27. The molecule has 1 aliphatic rings. The molecule has 0 unspecified atom stereocenters. The van der Waals surface area contributed by atoms with Crippen LogP contribution in [0.25, 0.3) is 22.1 Å². The summed E-state index contributed by atoms with van der Waals surface area (Å²) in [5.74, 6) is 0.608. The quantitative estimate of drug-likeness (QED) is 0.555. The second kappa shape index (κ2) is 6.05. The maximum absolute atomic E-state index is 12.7. The zero-order chi connectivity index (χ0) is 18.5. The maximum atomic E-state index is 12.7. The third-order valence-electron chi connectivity index (χ3n) is 4.82. The number of amides is 1. The molecule has 0 aromatic carbocycles. The third-order valence-corrected chi connectivity index (χ3v) is 5.51. The normalized spacial score (nSPS) is 14.1. The van der Waals surface area contributed by atoms with Crippen LogP contribution in [0.1, 0.15) is 30.3 Å². The fourth-order valence-corrected chi connectivity index (χ4v) is 3.91. The highest BCUT2D eigenvalue weighted by molar-refractivity contribution is 7.13. The van der Waals surface area contributed by atoms with E-state index in [1.54, 1.807) is 12.5 Å². The van der Waals surface area contributed by atoms with Crippen molar-refractivity contribution >= 4 is 50.3 Å². The van der Waals surface area contributed by atoms with Crippen molar-refractivity contribution in [2.75, 3.05) is 5.32 Å². The number of hydrogen-bond donors (Lipinski definition) is 2. The van der Waals surface area contributed by atoms with Crippen LogP contribution >= 0.6 is 11.3 Å². The van der Waals surface area contributed by atoms with E-state index in [0.29, 0.717) is 24.1 Å². The molecule has 0 bridgehead atoms. The molecule has 1 aliphatic carbocycles. The zero-order valence-electron chi connectivity index (χ0n) is 15.1. The Morgan fingerprint density at radius 2 is 2.22 bits per heavy atom. The van der Waals surface area contributed by atoms with Gasteiger partial charge in [0.25, 0.3) is 5.91 Å². The van der Waals surface area contributed by atoms with E-state index in [2.05, 4.69) is 20.6 Å². The largest absolute Gasteiger partial charge is 0.348 e. The Morgan fingerprint density at radius 3 is 2.93 bits per heavy atom. The minimum absolute atomic E-state index is 0.0397. The lowest BCUT2D eigenvalue weighted by molar-refractivity contribution is 0.0942. The van der Waals surface area contributed by atoms with Crippen molar-refractivity contribution in [3.05, 3.63) is 29.7 Å². The van der Waals surface area contributed by atoms with Crippen LogP contribution in [0.4, 0.5) is 10.9 Å². The summed E-state index contributed by atoms with van der Waals surface area (Å²) in [6.07, 6.45) is 5.64. The van der Waals surface area contributed by atoms with Crippen molar-refractivity contribution in [1.82, 2.24) is 29.4 Å². The molecule has 4 aromatic rings. The van der Waals surface area contributed by atoms with Gasteiger partial charge in [-0.05, 0) is 25.8 Å². The first-order valence-electron chi connectivity index (χ1n) is 8.97. The van der Waals surface area contributed by atoms with Crippen LogP contribution in [-0.2, 0) is 13.6 Å². The highest BCUT2D eigenvalue weighted by Gasteiger charge is 2.27. The lowest BCUT2D eigenvalue weighted by Gasteiger charge is -2.09. The van der Waals surface area contributed by atoms with Gasteiger partial charge >= 0.3 is 0 Å². The molecule has 9 heteroatoms. The van der Waals surface area contributed by atoms with Crippen molar-refractivity contribution in [3.8, 4) is 0 Å². The molecule has 8 nitrogen and oxygen atoms in total. The molecule has 2 N–H and O–H groups in total. The number of pyridine rings is 1. The van der Waals surface area contributed by atoms with Gasteiger partial charge in [-0.2, -0.15) is 0 Å². The average Bonchev–Trinajstić information content (AvgIpc) is 3.06. The molecule has 0 atom stereocenters. The monoisotopic (exact) mass is 381 g/mol. The maximum Gasteiger partial charge on any atom is 0.268 e. The summed E-state index contributed by atoms with van der Waals surface area (Å²) in [6.45, 7) is 2.68. The number of aromatic nitrogens is 5. The van der Waals surface area contributed by atoms with Gasteiger partial charge in [-0.3, -0.25) is 4.79 Å². The van der Waals surface area contributed by atoms with Crippen LogP contribution in [0.3, 0.4) is 0 Å². The molecule has 0 radical (unpaired) electrons. The number of carbonyl (C=O) groups excluding carboxylic acids is 1. The molecular formula is C18H19N7OS. The van der Waals surface area contributed by atoms with Gasteiger partial charge in [0.1, 0.15) is 16.9 Å². The summed E-state index contributed by atoms with van der Waals surface area (Å²) in [4.78, 5) is 26.4. The van der Waals surface area contributed by atoms with E-state index in [0.717, 1.165) is 40.0 Å². The smallest absolute Gasteiger partial charge is 0.268 e. The first kappa shape index (κ1) is 16.2. The van der Waals surface area contributed by atoms with Gasteiger partial charge in [-0.1, -0.05) is 0 Å². The minimum Gasteiger partial charge on any atom is -0.348 e. The molecule has 27 heavy (non-hydrogen) atoms. The van der Waals surface area contributed by atoms with Crippen LogP contribution in [0.15, 0.2) is 24.0 Å². The molecular weight excluding hydrogens is 362 g/mol. The van der Waals surface area contributed by atoms with E-state index in [4.69, 9.17) is 4.98 Å². The minimum atomic E-state index is -0.0397. The fourth-order valence-electron chi connectivity index (χ4n) is 3.38. The van der Waals surface area contributed by atoms with E-state index in [1.165, 1.54) is 11.3 Å². The molecule has 4 aromatic heterocycles. The number of carbonyl (C=O) groups is 1. The van der Waals surface area contributed by atoms with E-state index in [-0.39, 0.29) is 5.91 Å². The number of anilines is 2. The van der Waals surface area contributed by atoms with E-state index in [9.17, 15) is 4.79 Å². The Bertz CT molecular complexity index is 1150. The van der Waals surface area contributed by atoms with Crippen molar-refractivity contribution in [2.45, 2.75) is 32.4 Å². The van der Waals surface area contributed by atoms with Gasteiger partial charge in [-0.15, -0.1) is 11.3 Å². The summed E-state index contributed by atoms with van der Waals surface area (Å²) in [6, 6.07) is 2.24. The van der Waals surface area contributed by atoms with E-state index in [1.807, 2.05) is 34.6 Å². The summed E-state index contributed by atoms with van der Waals surface area (Å²) in [5.41, 5.74) is 3.13. The molecule has 0 saturated heterocycles. The second-order valence-electron chi connectivity index (χ2n) is 6.73. The lowest BCUT2D eigenvalue weighted by atomic mass is 10.2. The van der Waals surface area contributed by atoms with Gasteiger partial charge in [0.05, 0.1) is 11.8 Å². The number of aryl methyl sites for hydroxylation is 2. The van der Waals surface area contributed by atoms with Crippen LogP contribution in [0, 0.1) is 0 Å². The third kappa shape index (κ3) is 2.66. The molecule has 1 fully saturated rings. The topological polar surface area (TPSA) is 89.7 Å². The molecule has 138 valence electrons. The van der Waals surface area contributed by atoms with E-state index >= 15 is 0 Å². The first-order valence-corrected chi connectivity index (χ1v) is 9.85. The fraction of sp³-hybridized carbons (Fsp3) is 0.333. The highest BCUT2D eigenvalue weighted by Crippen LogP contribution is 2.32. The number of imidazole rings is 1. The number of nitrogens with one attached hydrogen (secondary N) is 2. The molecule has 1 saturated carbocycles. The van der Waals surface area contributed by atoms with Gasteiger partial charge in [0, 0.05) is 36.6 Å². The van der Waals surface area contributed by atoms with Crippen LogP contribution < -0.4 is 10.6 Å². The van der Waals surface area contributed by atoms with E-state index < -0.39 is 0 Å². The van der Waals surface area contributed by atoms with Gasteiger partial charge in [-0.25, -0.2) is 15.0 Å². The summed E-state index contributed by atoms with van der Waals surface area (Å²) in [7, 11) is 1.95. The molecule has 1 amide bonds. The number of rotatable bonds is 5. The Hall–Kier alpha value is -2.94. The van der Waals surface area contributed by atoms with Gasteiger partial charge in [0.15, 0.2) is 10.9 Å². The average molecular weight is 381 g/mol. The van der Waals surface area contributed by atoms with Gasteiger partial charge < -0.3 is 19.8 Å². The van der Waals surface area contributed by atoms with Crippen molar-refractivity contribution in [3.63, 3.8) is 0 Å². The Morgan fingerprint density at radius 1 is 1.37 bits per heavy atom. The standard InChI is InChI=1S/C18H19N7OS/c1-3-25-12(17(26)21-10-4-5-10)8-11-14-13(20-9-24(14)2)15(22-16(11)25)23-18-19-6-7-27-18/h6-10H,3-5H2,1-2H3,(H,21,26)(H,19,22,23).